The average Bonchev–Trinajstić information content (AvgIpc) is 2.34. The van der Waals surface area contributed by atoms with Gasteiger partial charge in [0.15, 0.2) is 0 Å². The largest absolute Gasteiger partial charge is 0.481 e. The number of hydrogen-bond donors (Lipinski definition) is 2. The van der Waals surface area contributed by atoms with E-state index in [4.69, 9.17) is 5.11 Å². The summed E-state index contributed by atoms with van der Waals surface area (Å²) in [5.74, 6) is -1.05. The lowest BCUT2D eigenvalue weighted by Crippen LogP contribution is -2.34. The third-order valence-corrected chi connectivity index (χ3v) is 3.75. The highest BCUT2D eigenvalue weighted by Gasteiger charge is 2.35. The minimum atomic E-state index is -4.49. The van der Waals surface area contributed by atoms with Gasteiger partial charge >= 0.3 is 12.1 Å². The molecule has 0 aliphatic rings. The molecular weight excluding hydrogens is 339 g/mol. The molecule has 0 fully saturated rings. The second kappa shape index (κ2) is 6.03. The SMILES string of the molecule is CCC(C)(CNc1cc(Br)ccc1C(F)(F)F)C(=O)O. The number of benzene rings is 1. The Morgan fingerprint density at radius 1 is 1.40 bits per heavy atom. The van der Waals surface area contributed by atoms with E-state index in [2.05, 4.69) is 21.2 Å². The molecular formula is C13H15BrF3NO2. The second-order valence-corrected chi connectivity index (χ2v) is 5.68. The number of rotatable bonds is 5. The van der Waals surface area contributed by atoms with Crippen LogP contribution in [-0.2, 0) is 11.0 Å². The van der Waals surface area contributed by atoms with E-state index in [1.165, 1.54) is 19.1 Å². The van der Waals surface area contributed by atoms with E-state index >= 15 is 0 Å². The number of hydrogen-bond acceptors (Lipinski definition) is 2. The van der Waals surface area contributed by atoms with E-state index in [-0.39, 0.29) is 12.2 Å². The Labute approximate surface area is 123 Å². The number of nitrogens with one attached hydrogen (secondary N) is 1. The van der Waals surface area contributed by atoms with Crippen LogP contribution in [-0.4, -0.2) is 17.6 Å². The average molecular weight is 354 g/mol. The van der Waals surface area contributed by atoms with Gasteiger partial charge in [-0.1, -0.05) is 22.9 Å². The Morgan fingerprint density at radius 2 is 2.00 bits per heavy atom. The third-order valence-electron chi connectivity index (χ3n) is 3.25. The zero-order chi connectivity index (χ0) is 15.6. The number of carbonyl (C=O) groups is 1. The van der Waals surface area contributed by atoms with Gasteiger partial charge < -0.3 is 10.4 Å². The molecule has 2 N–H and O–H groups in total. The van der Waals surface area contributed by atoms with Crippen LogP contribution in [0.2, 0.25) is 0 Å². The number of carboxylic acid groups (broad SMARTS) is 1. The topological polar surface area (TPSA) is 49.3 Å². The van der Waals surface area contributed by atoms with Gasteiger partial charge in [-0.05, 0) is 31.5 Å². The van der Waals surface area contributed by atoms with Gasteiger partial charge in [0.1, 0.15) is 0 Å². The van der Waals surface area contributed by atoms with Crippen molar-refractivity contribution in [3.05, 3.63) is 28.2 Å². The summed E-state index contributed by atoms with van der Waals surface area (Å²) in [7, 11) is 0. The fourth-order valence-electron chi connectivity index (χ4n) is 1.55. The van der Waals surface area contributed by atoms with Crippen molar-refractivity contribution in [2.24, 2.45) is 5.41 Å². The molecule has 3 nitrogen and oxygen atoms in total. The summed E-state index contributed by atoms with van der Waals surface area (Å²) in [6, 6.07) is 3.54. The number of carboxylic acids is 1. The van der Waals surface area contributed by atoms with Crippen LogP contribution in [0.25, 0.3) is 0 Å². The van der Waals surface area contributed by atoms with Gasteiger partial charge in [-0.25, -0.2) is 0 Å². The molecule has 112 valence electrons. The highest BCUT2D eigenvalue weighted by molar-refractivity contribution is 9.10. The van der Waals surface area contributed by atoms with E-state index in [1.807, 2.05) is 0 Å². The van der Waals surface area contributed by atoms with Crippen LogP contribution in [0.15, 0.2) is 22.7 Å². The zero-order valence-corrected chi connectivity index (χ0v) is 12.6. The minimum Gasteiger partial charge on any atom is -0.481 e. The summed E-state index contributed by atoms with van der Waals surface area (Å²) in [4.78, 5) is 11.2. The van der Waals surface area contributed by atoms with Crippen LogP contribution in [0.3, 0.4) is 0 Å². The predicted molar refractivity (Wildman–Crippen MR) is 73.7 cm³/mol. The van der Waals surface area contributed by atoms with Crippen molar-refractivity contribution >= 4 is 27.6 Å². The summed E-state index contributed by atoms with van der Waals surface area (Å²) in [6.45, 7) is 3.09. The normalized spacial score (nSPS) is 14.7. The van der Waals surface area contributed by atoms with Crippen molar-refractivity contribution in [1.29, 1.82) is 0 Å². The van der Waals surface area contributed by atoms with Crippen molar-refractivity contribution in [3.8, 4) is 0 Å². The van der Waals surface area contributed by atoms with Crippen molar-refractivity contribution in [2.75, 3.05) is 11.9 Å². The molecule has 0 aliphatic heterocycles. The van der Waals surface area contributed by atoms with Crippen LogP contribution in [0.4, 0.5) is 18.9 Å². The van der Waals surface area contributed by atoms with E-state index in [0.717, 1.165) is 6.07 Å². The summed E-state index contributed by atoms with van der Waals surface area (Å²) < 4.78 is 39.1. The Morgan fingerprint density at radius 3 is 2.45 bits per heavy atom. The third kappa shape index (κ3) is 3.88. The lowest BCUT2D eigenvalue weighted by molar-refractivity contribution is -0.147. The Balaban J connectivity index is 3.03. The van der Waals surface area contributed by atoms with Crippen molar-refractivity contribution in [1.82, 2.24) is 0 Å². The molecule has 1 unspecified atom stereocenters. The van der Waals surface area contributed by atoms with Crippen LogP contribution in [0, 0.1) is 5.41 Å². The summed E-state index contributed by atoms with van der Waals surface area (Å²) in [5, 5.41) is 11.7. The van der Waals surface area contributed by atoms with E-state index in [0.29, 0.717) is 10.9 Å². The van der Waals surface area contributed by atoms with E-state index in [1.54, 1.807) is 6.92 Å². The number of aliphatic carboxylic acids is 1. The van der Waals surface area contributed by atoms with Crippen molar-refractivity contribution in [2.45, 2.75) is 26.4 Å². The first-order chi connectivity index (χ1) is 9.10. The number of halogens is 4. The molecule has 7 heteroatoms. The molecule has 0 saturated heterocycles. The molecule has 1 rings (SSSR count). The maximum absolute atomic E-state index is 12.9. The van der Waals surface area contributed by atoms with Gasteiger partial charge in [-0.3, -0.25) is 4.79 Å². The first-order valence-electron chi connectivity index (χ1n) is 5.94. The molecule has 1 aromatic rings. The minimum absolute atomic E-state index is 0.0850. The van der Waals surface area contributed by atoms with Crippen LogP contribution in [0.1, 0.15) is 25.8 Å². The lowest BCUT2D eigenvalue weighted by atomic mass is 9.87. The van der Waals surface area contributed by atoms with Gasteiger partial charge in [-0.15, -0.1) is 0 Å². The van der Waals surface area contributed by atoms with Crippen molar-refractivity contribution in [3.63, 3.8) is 0 Å². The highest BCUT2D eigenvalue weighted by atomic mass is 79.9. The first kappa shape index (κ1) is 16.8. The van der Waals surface area contributed by atoms with E-state index in [9.17, 15) is 18.0 Å². The maximum Gasteiger partial charge on any atom is 0.418 e. The molecule has 0 amide bonds. The fraction of sp³-hybridized carbons (Fsp3) is 0.462. The molecule has 0 aliphatic carbocycles. The zero-order valence-electron chi connectivity index (χ0n) is 11.0. The van der Waals surface area contributed by atoms with Crippen LogP contribution >= 0.6 is 15.9 Å². The molecule has 20 heavy (non-hydrogen) atoms. The Kier molecular flexibility index (Phi) is 5.07. The van der Waals surface area contributed by atoms with Crippen LogP contribution < -0.4 is 5.32 Å². The highest BCUT2D eigenvalue weighted by Crippen LogP contribution is 2.37. The van der Waals surface area contributed by atoms with Gasteiger partial charge in [-0.2, -0.15) is 13.2 Å². The number of anilines is 1. The standard InChI is InChI=1S/C13H15BrF3NO2/c1-3-12(2,11(19)20)7-18-10-6-8(14)4-5-9(10)13(15,16)17/h4-6,18H,3,7H2,1-2H3,(H,19,20). The molecule has 0 bridgehead atoms. The Hall–Kier alpha value is -1.24. The molecule has 0 aromatic heterocycles. The van der Waals surface area contributed by atoms with Gasteiger partial charge in [0.2, 0.25) is 0 Å². The summed E-state index contributed by atoms with van der Waals surface area (Å²) in [6.07, 6.45) is -4.18. The molecule has 0 spiro atoms. The Bertz CT molecular complexity index is 505. The van der Waals surface area contributed by atoms with Gasteiger partial charge in [0.25, 0.3) is 0 Å². The molecule has 0 saturated carbocycles. The number of alkyl halides is 3. The molecule has 1 aromatic carbocycles. The molecule has 0 heterocycles. The van der Waals surface area contributed by atoms with Crippen LogP contribution in [0.5, 0.6) is 0 Å². The monoisotopic (exact) mass is 353 g/mol. The smallest absolute Gasteiger partial charge is 0.418 e. The molecule has 0 radical (unpaired) electrons. The fourth-order valence-corrected chi connectivity index (χ4v) is 1.91. The van der Waals surface area contributed by atoms with Gasteiger partial charge in [0, 0.05) is 16.7 Å². The van der Waals surface area contributed by atoms with Gasteiger partial charge in [0.05, 0.1) is 11.0 Å². The quantitative estimate of drug-likeness (QED) is 0.825. The maximum atomic E-state index is 12.9. The van der Waals surface area contributed by atoms with E-state index < -0.39 is 23.1 Å². The second-order valence-electron chi connectivity index (χ2n) is 4.76. The summed E-state index contributed by atoms with van der Waals surface area (Å²) in [5.41, 5.74) is -2.07. The lowest BCUT2D eigenvalue weighted by Gasteiger charge is -2.25. The summed E-state index contributed by atoms with van der Waals surface area (Å²) >= 11 is 3.11. The van der Waals surface area contributed by atoms with Crippen molar-refractivity contribution < 1.29 is 23.1 Å². The molecule has 1 atom stereocenters. The first-order valence-corrected chi connectivity index (χ1v) is 6.73. The predicted octanol–water partition coefficient (Wildman–Crippen LogP) is 4.38.